The minimum absolute atomic E-state index is 0.0788. The van der Waals surface area contributed by atoms with Crippen molar-refractivity contribution in [3.8, 4) is 5.75 Å². The number of nitrogens with zero attached hydrogens (tertiary/aromatic N) is 1. The zero-order valence-corrected chi connectivity index (χ0v) is 15.8. The average molecular weight is 359 g/mol. The fourth-order valence-corrected chi connectivity index (χ4v) is 3.93. The number of aromatic nitrogens is 1. The predicted octanol–water partition coefficient (Wildman–Crippen LogP) is 4.27. The van der Waals surface area contributed by atoms with Crippen LogP contribution >= 0.6 is 11.3 Å². The van der Waals surface area contributed by atoms with Gasteiger partial charge in [0.1, 0.15) is 17.4 Å². The van der Waals surface area contributed by atoms with Gasteiger partial charge in [-0.1, -0.05) is 37.5 Å². The number of nitrogens with one attached hydrogen (secondary N) is 1. The van der Waals surface area contributed by atoms with Crippen LogP contribution in [0.15, 0.2) is 29.6 Å². The van der Waals surface area contributed by atoms with Crippen LogP contribution in [0.25, 0.3) is 0 Å². The fourth-order valence-electron chi connectivity index (χ4n) is 3.23. The van der Waals surface area contributed by atoms with E-state index in [-0.39, 0.29) is 5.91 Å². The average Bonchev–Trinajstić information content (AvgIpc) is 3.04. The lowest BCUT2D eigenvalue weighted by Crippen LogP contribution is -2.41. The molecule has 2 atom stereocenters. The molecule has 1 aromatic carbocycles. The largest absolute Gasteiger partial charge is 0.486 e. The molecule has 2 unspecified atom stereocenters. The van der Waals surface area contributed by atoms with E-state index < -0.39 is 0 Å². The summed E-state index contributed by atoms with van der Waals surface area (Å²) in [7, 11) is 0. The maximum atomic E-state index is 12.3. The van der Waals surface area contributed by atoms with Gasteiger partial charge >= 0.3 is 0 Å². The summed E-state index contributed by atoms with van der Waals surface area (Å²) in [6.07, 6.45) is 5.16. The van der Waals surface area contributed by atoms with Gasteiger partial charge in [-0.15, -0.1) is 11.3 Å². The molecule has 2 aromatic rings. The molecule has 0 spiro atoms. The van der Waals surface area contributed by atoms with Gasteiger partial charge in [-0.3, -0.25) is 4.79 Å². The second-order valence-electron chi connectivity index (χ2n) is 6.95. The second-order valence-corrected chi connectivity index (χ2v) is 7.89. The van der Waals surface area contributed by atoms with Crippen molar-refractivity contribution in [2.24, 2.45) is 5.92 Å². The number of carbonyl (C=O) groups excluding carboxylic acids is 1. The van der Waals surface area contributed by atoms with Crippen LogP contribution < -0.4 is 10.1 Å². The van der Waals surface area contributed by atoms with Crippen LogP contribution in [0.2, 0.25) is 0 Å². The number of aryl methyl sites for hydroxylation is 1. The molecule has 1 saturated carbocycles. The first-order chi connectivity index (χ1) is 12.1. The summed E-state index contributed by atoms with van der Waals surface area (Å²) in [6.45, 7) is 4.72. The molecular weight excluding hydrogens is 332 g/mol. The molecule has 5 heteroatoms. The Labute approximate surface area is 153 Å². The Morgan fingerprint density at radius 1 is 1.28 bits per heavy atom. The normalized spacial score (nSPS) is 20.2. The Morgan fingerprint density at radius 3 is 2.80 bits per heavy atom. The third-order valence-electron chi connectivity index (χ3n) is 4.78. The standard InChI is InChI=1S/C20H26N2O2S/c1-14-7-9-17(10-8-14)24-12-20-21-16(13-25-20)11-19(23)22-18-6-4-3-5-15(18)2/h7-10,13,15,18H,3-6,11-12H2,1-2H3,(H,22,23). The number of ether oxygens (including phenoxy) is 1. The van der Waals surface area contributed by atoms with E-state index in [9.17, 15) is 4.79 Å². The summed E-state index contributed by atoms with van der Waals surface area (Å²) in [6, 6.07) is 8.30. The van der Waals surface area contributed by atoms with Crippen molar-refractivity contribution in [2.75, 3.05) is 0 Å². The number of carbonyl (C=O) groups is 1. The SMILES string of the molecule is Cc1ccc(OCc2nc(CC(=O)NC3CCCCC3C)cs2)cc1. The third kappa shape index (κ3) is 5.30. The quantitative estimate of drug-likeness (QED) is 0.839. The van der Waals surface area contributed by atoms with Crippen LogP contribution in [0.5, 0.6) is 5.75 Å². The van der Waals surface area contributed by atoms with E-state index in [0.29, 0.717) is 25.0 Å². The lowest BCUT2D eigenvalue weighted by molar-refractivity contribution is -0.121. The van der Waals surface area contributed by atoms with Crippen LogP contribution in [0.4, 0.5) is 0 Å². The van der Waals surface area contributed by atoms with Crippen LogP contribution in [0.1, 0.15) is 48.9 Å². The van der Waals surface area contributed by atoms with Gasteiger partial charge in [0.25, 0.3) is 0 Å². The summed E-state index contributed by atoms with van der Waals surface area (Å²) in [5, 5.41) is 6.04. The molecule has 4 nitrogen and oxygen atoms in total. The molecule has 3 rings (SSSR count). The minimum Gasteiger partial charge on any atom is -0.486 e. The molecule has 1 aliphatic carbocycles. The van der Waals surface area contributed by atoms with E-state index in [2.05, 4.69) is 24.1 Å². The van der Waals surface area contributed by atoms with Crippen molar-refractivity contribution in [3.05, 3.63) is 45.9 Å². The minimum atomic E-state index is 0.0788. The highest BCUT2D eigenvalue weighted by Crippen LogP contribution is 2.24. The summed E-state index contributed by atoms with van der Waals surface area (Å²) >= 11 is 1.54. The van der Waals surface area contributed by atoms with Crippen molar-refractivity contribution in [2.45, 2.75) is 58.6 Å². The van der Waals surface area contributed by atoms with Gasteiger partial charge in [0.2, 0.25) is 5.91 Å². The number of benzene rings is 1. The third-order valence-corrected chi connectivity index (χ3v) is 5.65. The summed E-state index contributed by atoms with van der Waals surface area (Å²) in [5.41, 5.74) is 2.04. The predicted molar refractivity (Wildman–Crippen MR) is 101 cm³/mol. The Morgan fingerprint density at radius 2 is 2.04 bits per heavy atom. The highest BCUT2D eigenvalue weighted by Gasteiger charge is 2.23. The Balaban J connectivity index is 1.47. The van der Waals surface area contributed by atoms with Crippen molar-refractivity contribution in [1.29, 1.82) is 0 Å². The van der Waals surface area contributed by atoms with Crippen LogP contribution in [-0.4, -0.2) is 16.9 Å². The fraction of sp³-hybridized carbons (Fsp3) is 0.500. The first kappa shape index (κ1) is 17.9. The van der Waals surface area contributed by atoms with Gasteiger partial charge in [-0.2, -0.15) is 0 Å². The molecule has 1 fully saturated rings. The summed E-state index contributed by atoms with van der Waals surface area (Å²) < 4.78 is 5.75. The maximum Gasteiger partial charge on any atom is 0.226 e. The Hall–Kier alpha value is -1.88. The van der Waals surface area contributed by atoms with E-state index in [1.165, 1.54) is 24.8 Å². The van der Waals surface area contributed by atoms with Gasteiger partial charge < -0.3 is 10.1 Å². The number of hydrogen-bond acceptors (Lipinski definition) is 4. The summed E-state index contributed by atoms with van der Waals surface area (Å²) in [5.74, 6) is 1.49. The molecule has 0 radical (unpaired) electrons. The zero-order valence-electron chi connectivity index (χ0n) is 15.0. The topological polar surface area (TPSA) is 51.2 Å². The van der Waals surface area contributed by atoms with Gasteiger partial charge in [0.15, 0.2) is 0 Å². The number of amides is 1. The molecule has 25 heavy (non-hydrogen) atoms. The Bertz CT molecular complexity index is 696. The molecule has 0 saturated heterocycles. The van der Waals surface area contributed by atoms with E-state index >= 15 is 0 Å². The van der Waals surface area contributed by atoms with Crippen molar-refractivity contribution in [3.63, 3.8) is 0 Å². The van der Waals surface area contributed by atoms with Gasteiger partial charge in [0, 0.05) is 11.4 Å². The zero-order chi connectivity index (χ0) is 17.6. The van der Waals surface area contributed by atoms with Gasteiger partial charge in [0.05, 0.1) is 12.1 Å². The van der Waals surface area contributed by atoms with Gasteiger partial charge in [-0.05, 0) is 37.8 Å². The molecule has 0 bridgehead atoms. The van der Waals surface area contributed by atoms with Crippen LogP contribution in [0, 0.1) is 12.8 Å². The van der Waals surface area contributed by atoms with E-state index in [4.69, 9.17) is 4.74 Å². The van der Waals surface area contributed by atoms with Crippen molar-refractivity contribution >= 4 is 17.2 Å². The number of hydrogen-bond donors (Lipinski definition) is 1. The van der Waals surface area contributed by atoms with E-state index in [1.54, 1.807) is 11.3 Å². The number of thiazole rings is 1. The lowest BCUT2D eigenvalue weighted by atomic mass is 9.86. The monoisotopic (exact) mass is 358 g/mol. The molecule has 1 N–H and O–H groups in total. The number of rotatable bonds is 6. The molecular formula is C20H26N2O2S. The molecule has 1 aliphatic rings. The van der Waals surface area contributed by atoms with Crippen LogP contribution in [-0.2, 0) is 17.8 Å². The highest BCUT2D eigenvalue weighted by atomic mass is 32.1. The lowest BCUT2D eigenvalue weighted by Gasteiger charge is -2.29. The maximum absolute atomic E-state index is 12.3. The molecule has 134 valence electrons. The van der Waals surface area contributed by atoms with Gasteiger partial charge in [-0.25, -0.2) is 4.98 Å². The van der Waals surface area contributed by atoms with Crippen molar-refractivity contribution < 1.29 is 9.53 Å². The summed E-state index contributed by atoms with van der Waals surface area (Å²) in [4.78, 5) is 16.8. The van der Waals surface area contributed by atoms with Crippen molar-refractivity contribution in [1.82, 2.24) is 10.3 Å². The molecule has 1 heterocycles. The van der Waals surface area contributed by atoms with E-state index in [0.717, 1.165) is 22.9 Å². The Kier molecular flexibility index (Phi) is 6.08. The van der Waals surface area contributed by atoms with E-state index in [1.807, 2.05) is 29.6 Å². The first-order valence-electron chi connectivity index (χ1n) is 9.02. The molecule has 1 amide bonds. The molecule has 1 aromatic heterocycles. The smallest absolute Gasteiger partial charge is 0.226 e. The van der Waals surface area contributed by atoms with Crippen LogP contribution in [0.3, 0.4) is 0 Å². The first-order valence-corrected chi connectivity index (χ1v) is 9.90. The molecule has 0 aliphatic heterocycles. The second kappa shape index (κ2) is 8.48. The highest BCUT2D eigenvalue weighted by molar-refractivity contribution is 7.09.